The summed E-state index contributed by atoms with van der Waals surface area (Å²) in [5, 5.41) is 0. The molecule has 0 N–H and O–H groups in total. The van der Waals surface area contributed by atoms with Crippen molar-refractivity contribution in [2.45, 2.75) is 18.3 Å². The Morgan fingerprint density at radius 1 is 1.18 bits per heavy atom. The normalized spacial score (nSPS) is 19.2. The van der Waals surface area contributed by atoms with Gasteiger partial charge in [-0.05, 0) is 24.1 Å². The van der Waals surface area contributed by atoms with Crippen LogP contribution < -0.4 is 4.74 Å². The molecule has 1 aromatic heterocycles. The molecule has 0 bridgehead atoms. The molecule has 22 heavy (non-hydrogen) atoms. The van der Waals surface area contributed by atoms with E-state index in [4.69, 9.17) is 4.74 Å². The maximum atomic E-state index is 12.5. The molecule has 5 nitrogen and oxygen atoms in total. The van der Waals surface area contributed by atoms with E-state index in [9.17, 15) is 8.42 Å². The van der Waals surface area contributed by atoms with E-state index in [0.29, 0.717) is 25.3 Å². The minimum absolute atomic E-state index is 0.0352. The average molecular weight is 318 g/mol. The molecule has 1 fully saturated rings. The molecular weight excluding hydrogens is 300 g/mol. The predicted octanol–water partition coefficient (Wildman–Crippen LogP) is 2.06. The van der Waals surface area contributed by atoms with Crippen molar-refractivity contribution in [2.75, 3.05) is 13.1 Å². The minimum Gasteiger partial charge on any atom is -0.487 e. The van der Waals surface area contributed by atoms with Gasteiger partial charge in [0.2, 0.25) is 10.0 Å². The van der Waals surface area contributed by atoms with Gasteiger partial charge in [0.15, 0.2) is 0 Å². The molecule has 1 aliphatic heterocycles. The van der Waals surface area contributed by atoms with Gasteiger partial charge in [-0.15, -0.1) is 0 Å². The van der Waals surface area contributed by atoms with Crippen LogP contribution in [0.1, 0.15) is 12.0 Å². The summed E-state index contributed by atoms with van der Waals surface area (Å²) in [6, 6.07) is 12.9. The molecule has 6 heteroatoms. The summed E-state index contributed by atoms with van der Waals surface area (Å²) in [4.78, 5) is 3.99. The topological polar surface area (TPSA) is 59.5 Å². The molecule has 0 spiro atoms. The molecule has 1 unspecified atom stereocenters. The molecule has 1 aromatic carbocycles. The van der Waals surface area contributed by atoms with Crippen molar-refractivity contribution >= 4 is 10.0 Å². The standard InChI is InChI=1S/C16H18N2O3S/c19-22(20,13-14-5-2-1-3-6-14)18-10-8-16(12-18)21-15-7-4-9-17-11-15/h1-7,9,11,16H,8,10,12-13H2. The van der Waals surface area contributed by atoms with E-state index >= 15 is 0 Å². The molecule has 1 saturated heterocycles. The lowest BCUT2D eigenvalue weighted by atomic mass is 10.2. The van der Waals surface area contributed by atoms with Crippen LogP contribution in [0.3, 0.4) is 0 Å². The average Bonchev–Trinajstić information content (AvgIpc) is 2.98. The summed E-state index contributed by atoms with van der Waals surface area (Å²) >= 11 is 0. The third-order valence-corrected chi connectivity index (χ3v) is 5.45. The van der Waals surface area contributed by atoms with Crippen LogP contribution in [0.15, 0.2) is 54.9 Å². The highest BCUT2D eigenvalue weighted by atomic mass is 32.2. The van der Waals surface area contributed by atoms with Crippen molar-refractivity contribution in [3.05, 3.63) is 60.4 Å². The molecule has 0 aliphatic carbocycles. The predicted molar refractivity (Wildman–Crippen MR) is 83.9 cm³/mol. The minimum atomic E-state index is -3.30. The van der Waals surface area contributed by atoms with E-state index in [-0.39, 0.29) is 11.9 Å². The van der Waals surface area contributed by atoms with E-state index in [1.807, 2.05) is 36.4 Å². The number of pyridine rings is 1. The summed E-state index contributed by atoms with van der Waals surface area (Å²) < 4.78 is 32.2. The van der Waals surface area contributed by atoms with Crippen LogP contribution in [-0.2, 0) is 15.8 Å². The number of hydrogen-bond donors (Lipinski definition) is 0. The fourth-order valence-electron chi connectivity index (χ4n) is 2.53. The molecule has 1 aliphatic rings. The smallest absolute Gasteiger partial charge is 0.218 e. The number of benzene rings is 1. The number of aromatic nitrogens is 1. The number of ether oxygens (including phenoxy) is 1. The van der Waals surface area contributed by atoms with Crippen LogP contribution in [0.25, 0.3) is 0 Å². The largest absolute Gasteiger partial charge is 0.487 e. The quantitative estimate of drug-likeness (QED) is 0.847. The summed E-state index contributed by atoms with van der Waals surface area (Å²) in [7, 11) is -3.30. The lowest BCUT2D eigenvalue weighted by Crippen LogP contribution is -2.32. The Bertz CT molecular complexity index is 705. The van der Waals surface area contributed by atoms with Gasteiger partial charge in [-0.1, -0.05) is 30.3 Å². The second kappa shape index (κ2) is 6.46. The summed E-state index contributed by atoms with van der Waals surface area (Å²) in [6.07, 6.45) is 3.90. The zero-order valence-electron chi connectivity index (χ0n) is 12.1. The van der Waals surface area contributed by atoms with Crippen LogP contribution in [0.4, 0.5) is 0 Å². The Morgan fingerprint density at radius 2 is 2.00 bits per heavy atom. The number of rotatable bonds is 5. The van der Waals surface area contributed by atoms with Gasteiger partial charge >= 0.3 is 0 Å². The highest BCUT2D eigenvalue weighted by Gasteiger charge is 2.32. The molecule has 0 amide bonds. The zero-order valence-corrected chi connectivity index (χ0v) is 12.9. The maximum Gasteiger partial charge on any atom is 0.218 e. The molecule has 0 radical (unpaired) electrons. The first kappa shape index (κ1) is 15.0. The Labute approximate surface area is 130 Å². The first-order chi connectivity index (χ1) is 10.6. The number of sulfonamides is 1. The maximum absolute atomic E-state index is 12.5. The zero-order chi connectivity index (χ0) is 15.4. The first-order valence-electron chi connectivity index (χ1n) is 7.22. The third-order valence-electron chi connectivity index (χ3n) is 3.63. The fourth-order valence-corrected chi connectivity index (χ4v) is 4.11. The van der Waals surface area contributed by atoms with Crippen LogP contribution in [0.2, 0.25) is 0 Å². The first-order valence-corrected chi connectivity index (χ1v) is 8.83. The van der Waals surface area contributed by atoms with Gasteiger partial charge < -0.3 is 4.74 Å². The monoisotopic (exact) mass is 318 g/mol. The van der Waals surface area contributed by atoms with Gasteiger partial charge in [-0.25, -0.2) is 8.42 Å². The molecular formula is C16H18N2O3S. The molecule has 3 rings (SSSR count). The van der Waals surface area contributed by atoms with Crippen molar-refractivity contribution in [1.29, 1.82) is 0 Å². The molecule has 2 aromatic rings. The van der Waals surface area contributed by atoms with Crippen molar-refractivity contribution in [2.24, 2.45) is 0 Å². The second-order valence-electron chi connectivity index (χ2n) is 5.32. The Morgan fingerprint density at radius 3 is 2.73 bits per heavy atom. The van der Waals surface area contributed by atoms with Crippen molar-refractivity contribution in [1.82, 2.24) is 9.29 Å². The lowest BCUT2D eigenvalue weighted by Gasteiger charge is -2.17. The molecule has 1 atom stereocenters. The van der Waals surface area contributed by atoms with Gasteiger partial charge in [0, 0.05) is 12.7 Å². The van der Waals surface area contributed by atoms with E-state index < -0.39 is 10.0 Å². The van der Waals surface area contributed by atoms with Gasteiger partial charge in [0.25, 0.3) is 0 Å². The number of hydrogen-bond acceptors (Lipinski definition) is 4. The summed E-state index contributed by atoms with van der Waals surface area (Å²) in [6.45, 7) is 0.893. The van der Waals surface area contributed by atoms with Crippen LogP contribution in [-0.4, -0.2) is 36.9 Å². The van der Waals surface area contributed by atoms with Gasteiger partial charge in [-0.3, -0.25) is 4.98 Å². The van der Waals surface area contributed by atoms with Crippen molar-refractivity contribution in [3.63, 3.8) is 0 Å². The molecule has 2 heterocycles. The fraction of sp³-hybridized carbons (Fsp3) is 0.312. The highest BCUT2D eigenvalue weighted by molar-refractivity contribution is 7.88. The summed E-state index contributed by atoms with van der Waals surface area (Å²) in [5.41, 5.74) is 0.805. The Hall–Kier alpha value is -1.92. The molecule has 0 saturated carbocycles. The van der Waals surface area contributed by atoms with Crippen molar-refractivity contribution < 1.29 is 13.2 Å². The Kier molecular flexibility index (Phi) is 4.40. The van der Waals surface area contributed by atoms with Gasteiger partial charge in [0.1, 0.15) is 11.9 Å². The van der Waals surface area contributed by atoms with Crippen LogP contribution >= 0.6 is 0 Å². The number of nitrogens with zero attached hydrogens (tertiary/aromatic N) is 2. The highest BCUT2D eigenvalue weighted by Crippen LogP contribution is 2.21. The van der Waals surface area contributed by atoms with Crippen LogP contribution in [0, 0.1) is 0 Å². The lowest BCUT2D eigenvalue weighted by molar-refractivity contribution is 0.214. The van der Waals surface area contributed by atoms with E-state index in [1.54, 1.807) is 18.5 Å². The molecule has 116 valence electrons. The van der Waals surface area contributed by atoms with E-state index in [2.05, 4.69) is 4.98 Å². The SMILES string of the molecule is O=S(=O)(Cc1ccccc1)N1CCC(Oc2cccnc2)C1. The third kappa shape index (κ3) is 3.64. The van der Waals surface area contributed by atoms with Gasteiger partial charge in [0.05, 0.1) is 18.5 Å². The second-order valence-corrected chi connectivity index (χ2v) is 7.29. The van der Waals surface area contributed by atoms with Crippen molar-refractivity contribution in [3.8, 4) is 5.75 Å². The van der Waals surface area contributed by atoms with E-state index in [1.165, 1.54) is 4.31 Å². The van der Waals surface area contributed by atoms with Crippen LogP contribution in [0.5, 0.6) is 5.75 Å². The van der Waals surface area contributed by atoms with E-state index in [0.717, 1.165) is 5.56 Å². The van der Waals surface area contributed by atoms with Gasteiger partial charge in [-0.2, -0.15) is 4.31 Å². The Balaban J connectivity index is 1.62. The summed E-state index contributed by atoms with van der Waals surface area (Å²) in [5.74, 6) is 0.711.